The summed E-state index contributed by atoms with van der Waals surface area (Å²) in [7, 11) is 0. The van der Waals surface area contributed by atoms with E-state index in [0.717, 1.165) is 24.2 Å². The van der Waals surface area contributed by atoms with E-state index in [1.807, 2.05) is 24.3 Å². The second-order valence-electron chi connectivity index (χ2n) is 6.55. The molecule has 1 aliphatic rings. The van der Waals surface area contributed by atoms with Crippen molar-refractivity contribution >= 4 is 17.3 Å². The molecular formula is C20H21N5O. The molecule has 0 unspecified atom stereocenters. The maximum absolute atomic E-state index is 12.3. The Kier molecular flexibility index (Phi) is 4.39. The summed E-state index contributed by atoms with van der Waals surface area (Å²) in [4.78, 5) is 16.2. The number of carbonyl (C=O) groups is 1. The van der Waals surface area contributed by atoms with E-state index in [4.69, 9.17) is 0 Å². The lowest BCUT2D eigenvalue weighted by Crippen LogP contribution is -2.24. The first kappa shape index (κ1) is 16.3. The SMILES string of the molecule is C[C@@H](C(=O)Nc1ccc(N[C@@H]2CCc3ccccc32)cc1)n1cncn1. The van der Waals surface area contributed by atoms with Gasteiger partial charge in [0.2, 0.25) is 5.91 Å². The van der Waals surface area contributed by atoms with Gasteiger partial charge < -0.3 is 10.6 Å². The molecule has 2 N–H and O–H groups in total. The van der Waals surface area contributed by atoms with Gasteiger partial charge >= 0.3 is 0 Å². The molecule has 132 valence electrons. The number of nitrogens with zero attached hydrogens (tertiary/aromatic N) is 3. The number of rotatable bonds is 5. The summed E-state index contributed by atoms with van der Waals surface area (Å²) < 4.78 is 1.53. The summed E-state index contributed by atoms with van der Waals surface area (Å²) in [6.07, 6.45) is 5.18. The second-order valence-corrected chi connectivity index (χ2v) is 6.55. The largest absolute Gasteiger partial charge is 0.378 e. The molecule has 3 aromatic rings. The maximum Gasteiger partial charge on any atom is 0.249 e. The van der Waals surface area contributed by atoms with Crippen LogP contribution in [0.15, 0.2) is 61.2 Å². The van der Waals surface area contributed by atoms with Crippen molar-refractivity contribution in [3.8, 4) is 0 Å². The molecule has 4 rings (SSSR count). The minimum atomic E-state index is -0.412. The summed E-state index contributed by atoms with van der Waals surface area (Å²) in [5.74, 6) is -0.124. The van der Waals surface area contributed by atoms with Crippen LogP contribution >= 0.6 is 0 Å². The van der Waals surface area contributed by atoms with Crippen molar-refractivity contribution in [2.75, 3.05) is 10.6 Å². The van der Waals surface area contributed by atoms with E-state index < -0.39 is 6.04 Å². The standard InChI is InChI=1S/C20H21N5O/c1-14(25-13-21-12-22-25)20(26)24-17-9-7-16(8-10-17)23-19-11-6-15-4-2-3-5-18(15)19/h2-5,7-10,12-14,19,23H,6,11H2,1H3,(H,24,26)/t14-,19+/m0/s1. The lowest BCUT2D eigenvalue weighted by Gasteiger charge is -2.16. The third kappa shape index (κ3) is 3.31. The second kappa shape index (κ2) is 7.00. The number of fused-ring (bicyclic) bond motifs is 1. The van der Waals surface area contributed by atoms with E-state index in [0.29, 0.717) is 6.04 Å². The van der Waals surface area contributed by atoms with Crippen LogP contribution in [0.3, 0.4) is 0 Å². The van der Waals surface area contributed by atoms with Gasteiger partial charge in [0, 0.05) is 11.4 Å². The average molecular weight is 347 g/mol. The number of carbonyl (C=O) groups excluding carboxylic acids is 1. The zero-order chi connectivity index (χ0) is 17.9. The van der Waals surface area contributed by atoms with Crippen molar-refractivity contribution in [3.63, 3.8) is 0 Å². The van der Waals surface area contributed by atoms with Crippen molar-refractivity contribution in [2.24, 2.45) is 0 Å². The van der Waals surface area contributed by atoms with Crippen LogP contribution < -0.4 is 10.6 Å². The number of hydrogen-bond acceptors (Lipinski definition) is 4. The fourth-order valence-electron chi connectivity index (χ4n) is 3.34. The van der Waals surface area contributed by atoms with Gasteiger partial charge in [-0.05, 0) is 55.2 Å². The lowest BCUT2D eigenvalue weighted by molar-refractivity contribution is -0.119. The van der Waals surface area contributed by atoms with E-state index in [-0.39, 0.29) is 5.91 Å². The predicted octanol–water partition coefficient (Wildman–Crippen LogP) is 3.58. The molecule has 1 aromatic heterocycles. The first-order valence-electron chi connectivity index (χ1n) is 8.80. The molecule has 0 saturated heterocycles. The molecule has 0 spiro atoms. The highest BCUT2D eigenvalue weighted by Crippen LogP contribution is 2.33. The van der Waals surface area contributed by atoms with Crippen LogP contribution in [0.5, 0.6) is 0 Å². The van der Waals surface area contributed by atoms with Gasteiger partial charge in [-0.3, -0.25) is 4.79 Å². The van der Waals surface area contributed by atoms with Crippen molar-refractivity contribution in [3.05, 3.63) is 72.3 Å². The highest BCUT2D eigenvalue weighted by Gasteiger charge is 2.21. The Morgan fingerprint density at radius 3 is 2.69 bits per heavy atom. The third-order valence-corrected chi connectivity index (χ3v) is 4.84. The highest BCUT2D eigenvalue weighted by atomic mass is 16.2. The van der Waals surface area contributed by atoms with E-state index in [9.17, 15) is 4.79 Å². The third-order valence-electron chi connectivity index (χ3n) is 4.84. The van der Waals surface area contributed by atoms with Crippen molar-refractivity contribution < 1.29 is 4.79 Å². The molecular weight excluding hydrogens is 326 g/mol. The molecule has 6 heteroatoms. The fraction of sp³-hybridized carbons (Fsp3) is 0.250. The van der Waals surface area contributed by atoms with Crippen LogP contribution in [0.25, 0.3) is 0 Å². The molecule has 1 aliphatic carbocycles. The zero-order valence-electron chi connectivity index (χ0n) is 14.6. The van der Waals surface area contributed by atoms with Crippen molar-refractivity contribution in [2.45, 2.75) is 31.8 Å². The number of nitrogens with one attached hydrogen (secondary N) is 2. The van der Waals surface area contributed by atoms with Crippen LogP contribution in [0.2, 0.25) is 0 Å². The van der Waals surface area contributed by atoms with Crippen LogP contribution in [-0.4, -0.2) is 20.7 Å². The smallest absolute Gasteiger partial charge is 0.249 e. The molecule has 0 saturated carbocycles. The van der Waals surface area contributed by atoms with Gasteiger partial charge in [0.05, 0.1) is 6.04 Å². The Morgan fingerprint density at radius 1 is 1.15 bits per heavy atom. The molecule has 26 heavy (non-hydrogen) atoms. The molecule has 1 heterocycles. The van der Waals surface area contributed by atoms with Gasteiger partial charge in [-0.1, -0.05) is 24.3 Å². The van der Waals surface area contributed by atoms with Gasteiger partial charge in [0.1, 0.15) is 18.7 Å². The average Bonchev–Trinajstić information content (AvgIpc) is 3.33. The van der Waals surface area contributed by atoms with Gasteiger partial charge in [-0.25, -0.2) is 9.67 Å². The van der Waals surface area contributed by atoms with E-state index >= 15 is 0 Å². The van der Waals surface area contributed by atoms with Crippen molar-refractivity contribution in [1.29, 1.82) is 0 Å². The molecule has 2 atom stereocenters. The van der Waals surface area contributed by atoms with E-state index in [1.165, 1.54) is 28.5 Å². The van der Waals surface area contributed by atoms with E-state index in [2.05, 4.69) is 45.0 Å². The summed E-state index contributed by atoms with van der Waals surface area (Å²) >= 11 is 0. The molecule has 0 aliphatic heterocycles. The van der Waals surface area contributed by atoms with Gasteiger partial charge in [-0.2, -0.15) is 5.10 Å². The van der Waals surface area contributed by atoms with Gasteiger partial charge in [0.25, 0.3) is 0 Å². The van der Waals surface area contributed by atoms with Gasteiger partial charge in [0.15, 0.2) is 0 Å². The number of amides is 1. The summed E-state index contributed by atoms with van der Waals surface area (Å²) in [5.41, 5.74) is 4.62. The monoisotopic (exact) mass is 347 g/mol. The first-order chi connectivity index (χ1) is 12.7. The molecule has 0 fully saturated rings. The first-order valence-corrected chi connectivity index (χ1v) is 8.80. The maximum atomic E-state index is 12.3. The zero-order valence-corrected chi connectivity index (χ0v) is 14.6. The molecule has 0 bridgehead atoms. The Balaban J connectivity index is 1.39. The van der Waals surface area contributed by atoms with Crippen LogP contribution in [0.4, 0.5) is 11.4 Å². The number of hydrogen-bond donors (Lipinski definition) is 2. The topological polar surface area (TPSA) is 71.8 Å². The minimum absolute atomic E-state index is 0.124. The Morgan fingerprint density at radius 2 is 1.92 bits per heavy atom. The highest BCUT2D eigenvalue weighted by molar-refractivity contribution is 5.93. The summed E-state index contributed by atoms with van der Waals surface area (Å²) in [5, 5.41) is 10.5. The summed E-state index contributed by atoms with van der Waals surface area (Å²) in [6, 6.07) is 16.3. The number of aryl methyl sites for hydroxylation is 1. The van der Waals surface area contributed by atoms with E-state index in [1.54, 1.807) is 6.92 Å². The molecule has 1 amide bonds. The van der Waals surface area contributed by atoms with Gasteiger partial charge in [-0.15, -0.1) is 0 Å². The quantitative estimate of drug-likeness (QED) is 0.740. The Labute approximate surface area is 152 Å². The Bertz CT molecular complexity index is 889. The summed E-state index contributed by atoms with van der Waals surface area (Å²) in [6.45, 7) is 1.79. The number of aromatic nitrogens is 3. The van der Waals surface area contributed by atoms with Crippen molar-refractivity contribution in [1.82, 2.24) is 14.8 Å². The molecule has 2 aromatic carbocycles. The lowest BCUT2D eigenvalue weighted by atomic mass is 10.1. The fourth-order valence-corrected chi connectivity index (χ4v) is 3.34. The normalized spacial score (nSPS) is 16.7. The van der Waals surface area contributed by atoms with Crippen LogP contribution in [0, 0.1) is 0 Å². The Hall–Kier alpha value is -3.15. The van der Waals surface area contributed by atoms with Crippen LogP contribution in [-0.2, 0) is 11.2 Å². The van der Waals surface area contributed by atoms with Crippen LogP contribution in [0.1, 0.15) is 36.6 Å². The molecule has 0 radical (unpaired) electrons. The minimum Gasteiger partial charge on any atom is -0.378 e. The predicted molar refractivity (Wildman–Crippen MR) is 101 cm³/mol. The number of benzene rings is 2. The molecule has 6 nitrogen and oxygen atoms in total. The number of anilines is 2.